The molecule has 0 aliphatic heterocycles. The fourth-order valence-electron chi connectivity index (χ4n) is 1.38. The van der Waals surface area contributed by atoms with E-state index in [4.69, 9.17) is 10.8 Å². The van der Waals surface area contributed by atoms with Crippen LogP contribution in [0, 0.1) is 24.0 Å². The summed E-state index contributed by atoms with van der Waals surface area (Å²) in [5, 5.41) is 0.0369. The number of terminal acetylenes is 1. The predicted molar refractivity (Wildman–Crippen MR) is 76.3 cm³/mol. The van der Waals surface area contributed by atoms with Gasteiger partial charge in [-0.1, -0.05) is 26.7 Å². The number of hydrogen-bond acceptors (Lipinski definition) is 1. The van der Waals surface area contributed by atoms with Gasteiger partial charge in [0.15, 0.2) is 8.32 Å². The summed E-state index contributed by atoms with van der Waals surface area (Å²) in [5.41, 5.74) is 0.477. The van der Waals surface area contributed by atoms with Crippen molar-refractivity contribution in [2.75, 3.05) is 0 Å². The van der Waals surface area contributed by atoms with Gasteiger partial charge in [0, 0.05) is 6.07 Å². The Bertz CT molecular complexity index is 510. The lowest BCUT2D eigenvalue weighted by Gasteiger charge is -2.36. The largest absolute Gasteiger partial charge is 0.413 e. The Labute approximate surface area is 115 Å². The van der Waals surface area contributed by atoms with Gasteiger partial charge in [-0.3, -0.25) is 0 Å². The second-order valence-electron chi connectivity index (χ2n) is 6.12. The van der Waals surface area contributed by atoms with Crippen molar-refractivity contribution < 1.29 is 13.2 Å². The molecule has 0 amide bonds. The van der Waals surface area contributed by atoms with E-state index in [1.807, 2.05) is 0 Å². The van der Waals surface area contributed by atoms with Crippen LogP contribution in [0.25, 0.3) is 0 Å². The van der Waals surface area contributed by atoms with E-state index < -0.39 is 20.0 Å². The summed E-state index contributed by atoms with van der Waals surface area (Å²) >= 11 is 0. The van der Waals surface area contributed by atoms with Crippen molar-refractivity contribution in [3.8, 4) is 12.3 Å². The Morgan fingerprint density at radius 1 is 1.26 bits per heavy atom. The first kappa shape index (κ1) is 15.9. The van der Waals surface area contributed by atoms with Crippen LogP contribution in [0.15, 0.2) is 12.1 Å². The maximum Gasteiger partial charge on any atom is 0.192 e. The normalized spacial score (nSPS) is 12.3. The minimum Gasteiger partial charge on any atom is -0.413 e. The van der Waals surface area contributed by atoms with Crippen LogP contribution in [0.3, 0.4) is 0 Å². The van der Waals surface area contributed by atoms with Crippen LogP contribution in [0.2, 0.25) is 18.1 Å². The van der Waals surface area contributed by atoms with E-state index in [0.717, 1.165) is 6.07 Å². The average Bonchev–Trinajstić information content (AvgIpc) is 2.24. The molecule has 0 aliphatic rings. The van der Waals surface area contributed by atoms with Crippen LogP contribution >= 0.6 is 0 Å². The first-order valence-corrected chi connectivity index (χ1v) is 9.08. The lowest BCUT2D eigenvalue weighted by molar-refractivity contribution is 0.275. The molecule has 0 unspecified atom stereocenters. The summed E-state index contributed by atoms with van der Waals surface area (Å²) in [6.07, 6.45) is 5.27. The van der Waals surface area contributed by atoms with Crippen LogP contribution in [-0.2, 0) is 11.0 Å². The molecule has 1 aromatic rings. The van der Waals surface area contributed by atoms with Gasteiger partial charge in [0.05, 0.1) is 12.2 Å². The van der Waals surface area contributed by atoms with Crippen molar-refractivity contribution in [3.05, 3.63) is 34.9 Å². The van der Waals surface area contributed by atoms with Crippen molar-refractivity contribution in [1.29, 1.82) is 0 Å². The summed E-state index contributed by atoms with van der Waals surface area (Å²) in [5.74, 6) is 0.914. The highest BCUT2D eigenvalue weighted by Crippen LogP contribution is 2.37. The summed E-state index contributed by atoms with van der Waals surface area (Å²) in [6, 6.07) is 2.04. The van der Waals surface area contributed by atoms with E-state index in [2.05, 4.69) is 39.8 Å². The van der Waals surface area contributed by atoms with Crippen molar-refractivity contribution >= 4 is 8.32 Å². The van der Waals surface area contributed by atoms with Gasteiger partial charge in [-0.15, -0.1) is 6.42 Å². The highest BCUT2D eigenvalue weighted by atomic mass is 28.4. The molecule has 0 radical (unpaired) electrons. The van der Waals surface area contributed by atoms with Crippen LogP contribution in [0.4, 0.5) is 8.78 Å². The molecule has 4 heteroatoms. The molecule has 0 bridgehead atoms. The Hall–Kier alpha value is -1.18. The molecule has 0 spiro atoms. The van der Waals surface area contributed by atoms with Crippen LogP contribution in [-0.4, -0.2) is 8.32 Å². The van der Waals surface area contributed by atoms with Crippen LogP contribution in [0.5, 0.6) is 0 Å². The molecule has 0 aliphatic carbocycles. The summed E-state index contributed by atoms with van der Waals surface area (Å²) in [4.78, 5) is 0. The van der Waals surface area contributed by atoms with Gasteiger partial charge >= 0.3 is 0 Å². The molecule has 1 nitrogen and oxygen atoms in total. The molecule has 0 fully saturated rings. The maximum absolute atomic E-state index is 13.5. The molecule has 104 valence electrons. The standard InChI is InChI=1S/C15H20F2OSi/c1-7-13-11(8-12(16)9-14(13)17)10-18-19(5,6)15(2,3)4/h1,8-9H,10H2,2-6H3. The van der Waals surface area contributed by atoms with E-state index in [0.29, 0.717) is 5.56 Å². The molecule has 1 rings (SSSR count). The fraction of sp³-hybridized carbons (Fsp3) is 0.467. The fourth-order valence-corrected chi connectivity index (χ4v) is 2.33. The minimum absolute atomic E-state index is 0.0369. The summed E-state index contributed by atoms with van der Waals surface area (Å²) in [6.45, 7) is 10.6. The highest BCUT2D eigenvalue weighted by molar-refractivity contribution is 6.74. The second-order valence-corrected chi connectivity index (χ2v) is 10.9. The van der Waals surface area contributed by atoms with Crippen LogP contribution < -0.4 is 0 Å². The van der Waals surface area contributed by atoms with E-state index >= 15 is 0 Å². The predicted octanol–water partition coefficient (Wildman–Crippen LogP) is 4.47. The number of rotatable bonds is 3. The summed E-state index contributed by atoms with van der Waals surface area (Å²) < 4.78 is 32.7. The number of benzene rings is 1. The van der Waals surface area contributed by atoms with E-state index in [9.17, 15) is 8.78 Å². The van der Waals surface area contributed by atoms with Gasteiger partial charge in [0.1, 0.15) is 11.6 Å². The molecule has 0 saturated heterocycles. The van der Waals surface area contributed by atoms with E-state index in [1.54, 1.807) is 0 Å². The third kappa shape index (κ3) is 3.65. The smallest absolute Gasteiger partial charge is 0.192 e. The Balaban J connectivity index is 3.00. The quantitative estimate of drug-likeness (QED) is 0.587. The van der Waals surface area contributed by atoms with Gasteiger partial charge in [0.2, 0.25) is 0 Å². The Morgan fingerprint density at radius 2 is 1.84 bits per heavy atom. The van der Waals surface area contributed by atoms with Gasteiger partial charge < -0.3 is 4.43 Å². The third-order valence-corrected chi connectivity index (χ3v) is 8.15. The van der Waals surface area contributed by atoms with Gasteiger partial charge in [0.25, 0.3) is 0 Å². The Morgan fingerprint density at radius 3 is 2.32 bits per heavy atom. The number of hydrogen-bond donors (Lipinski definition) is 0. The van der Waals surface area contributed by atoms with Gasteiger partial charge in [-0.05, 0) is 29.8 Å². The van der Waals surface area contributed by atoms with Gasteiger partial charge in [-0.25, -0.2) is 8.78 Å². The van der Waals surface area contributed by atoms with E-state index in [1.165, 1.54) is 6.07 Å². The molecular formula is C15H20F2OSi. The summed E-state index contributed by atoms with van der Waals surface area (Å²) in [7, 11) is -1.97. The monoisotopic (exact) mass is 282 g/mol. The average molecular weight is 282 g/mol. The first-order chi connectivity index (χ1) is 8.58. The molecule has 0 atom stereocenters. The topological polar surface area (TPSA) is 9.23 Å². The zero-order valence-electron chi connectivity index (χ0n) is 12.1. The molecule has 1 aromatic carbocycles. The molecule has 0 aromatic heterocycles. The van der Waals surface area contributed by atoms with Crippen molar-refractivity contribution in [3.63, 3.8) is 0 Å². The zero-order chi connectivity index (χ0) is 14.8. The molecular weight excluding hydrogens is 262 g/mol. The second kappa shape index (κ2) is 5.44. The third-order valence-electron chi connectivity index (χ3n) is 3.68. The molecule has 19 heavy (non-hydrogen) atoms. The molecule has 0 saturated carbocycles. The maximum atomic E-state index is 13.5. The molecule has 0 N–H and O–H groups in total. The van der Waals surface area contributed by atoms with Crippen LogP contribution in [0.1, 0.15) is 31.9 Å². The first-order valence-electron chi connectivity index (χ1n) is 6.17. The van der Waals surface area contributed by atoms with Crippen molar-refractivity contribution in [2.24, 2.45) is 0 Å². The highest BCUT2D eigenvalue weighted by Gasteiger charge is 2.37. The number of halogens is 2. The van der Waals surface area contributed by atoms with Crippen molar-refractivity contribution in [1.82, 2.24) is 0 Å². The minimum atomic E-state index is -1.97. The SMILES string of the molecule is C#Cc1c(F)cc(F)cc1CO[Si](C)(C)C(C)(C)C. The van der Waals surface area contributed by atoms with Gasteiger partial charge in [-0.2, -0.15) is 0 Å². The lowest BCUT2D eigenvalue weighted by Crippen LogP contribution is -2.40. The Kier molecular flexibility index (Phi) is 4.54. The molecule has 0 heterocycles. The van der Waals surface area contributed by atoms with E-state index in [-0.39, 0.29) is 17.2 Å². The lowest BCUT2D eigenvalue weighted by atomic mass is 10.1. The zero-order valence-corrected chi connectivity index (χ0v) is 13.1. The van der Waals surface area contributed by atoms with Crippen molar-refractivity contribution in [2.45, 2.75) is 45.5 Å².